The molecular weight excluding hydrogens is 202 g/mol. The number of nitrogens with two attached hydrogens (primary N) is 1. The molecule has 0 aromatic carbocycles. The molecule has 2 saturated heterocycles. The summed E-state index contributed by atoms with van der Waals surface area (Å²) in [6.45, 7) is 3.01. The summed E-state index contributed by atoms with van der Waals surface area (Å²) in [5, 5.41) is 0. The summed E-state index contributed by atoms with van der Waals surface area (Å²) in [5.74, 6) is 0.361. The van der Waals surface area contributed by atoms with Gasteiger partial charge in [-0.1, -0.05) is 6.42 Å². The van der Waals surface area contributed by atoms with E-state index in [2.05, 4.69) is 9.80 Å². The van der Waals surface area contributed by atoms with Crippen LogP contribution in [-0.2, 0) is 4.79 Å². The molecule has 1 saturated carbocycles. The van der Waals surface area contributed by atoms with Crippen molar-refractivity contribution in [2.75, 3.05) is 19.6 Å². The van der Waals surface area contributed by atoms with Crippen LogP contribution in [-0.4, -0.2) is 53.5 Å². The van der Waals surface area contributed by atoms with Gasteiger partial charge in [-0.3, -0.25) is 9.69 Å². The van der Waals surface area contributed by atoms with Gasteiger partial charge in [0.2, 0.25) is 5.91 Å². The van der Waals surface area contributed by atoms with E-state index >= 15 is 0 Å². The molecule has 2 aliphatic heterocycles. The lowest BCUT2D eigenvalue weighted by Gasteiger charge is -2.41. The zero-order valence-electron chi connectivity index (χ0n) is 9.77. The number of hydrogen-bond donors (Lipinski definition) is 1. The van der Waals surface area contributed by atoms with Gasteiger partial charge in [0, 0.05) is 44.2 Å². The van der Waals surface area contributed by atoms with Crippen molar-refractivity contribution in [3.8, 4) is 0 Å². The monoisotopic (exact) mass is 223 g/mol. The smallest absolute Gasteiger partial charge is 0.222 e. The van der Waals surface area contributed by atoms with Crippen molar-refractivity contribution in [3.63, 3.8) is 0 Å². The zero-order chi connectivity index (χ0) is 11.1. The van der Waals surface area contributed by atoms with Crippen LogP contribution in [0.1, 0.15) is 32.1 Å². The Morgan fingerprint density at radius 3 is 2.81 bits per heavy atom. The van der Waals surface area contributed by atoms with E-state index in [0.717, 1.165) is 32.5 Å². The lowest BCUT2D eigenvalue weighted by Crippen LogP contribution is -2.57. The standard InChI is InChI=1S/C12H21N3O/c13-10-2-1-3-11(10)14-6-7-15-9(8-14)4-5-12(15)16/h9-11H,1-8,13H2. The van der Waals surface area contributed by atoms with Crippen molar-refractivity contribution in [2.45, 2.75) is 50.2 Å². The predicted molar refractivity (Wildman–Crippen MR) is 61.9 cm³/mol. The molecular formula is C12H21N3O. The third-order valence-corrected chi connectivity index (χ3v) is 4.53. The molecule has 2 heterocycles. The van der Waals surface area contributed by atoms with Gasteiger partial charge in [-0.2, -0.15) is 0 Å². The van der Waals surface area contributed by atoms with Crippen LogP contribution in [0.5, 0.6) is 0 Å². The predicted octanol–water partition coefficient (Wildman–Crippen LogP) is 0.173. The number of hydrogen-bond acceptors (Lipinski definition) is 3. The van der Waals surface area contributed by atoms with Crippen LogP contribution < -0.4 is 5.73 Å². The first-order chi connectivity index (χ1) is 7.75. The van der Waals surface area contributed by atoms with Crippen molar-refractivity contribution in [1.82, 2.24) is 9.80 Å². The molecule has 1 amide bonds. The van der Waals surface area contributed by atoms with Crippen LogP contribution in [0.3, 0.4) is 0 Å². The number of fused-ring (bicyclic) bond motifs is 1. The topological polar surface area (TPSA) is 49.6 Å². The average Bonchev–Trinajstić information content (AvgIpc) is 2.86. The van der Waals surface area contributed by atoms with Crippen molar-refractivity contribution in [2.24, 2.45) is 5.73 Å². The van der Waals surface area contributed by atoms with E-state index in [1.807, 2.05) is 0 Å². The van der Waals surface area contributed by atoms with Crippen LogP contribution in [0.25, 0.3) is 0 Å². The molecule has 0 spiro atoms. The molecule has 1 aliphatic carbocycles. The molecule has 0 aromatic heterocycles. The lowest BCUT2D eigenvalue weighted by atomic mass is 10.1. The van der Waals surface area contributed by atoms with Crippen LogP contribution in [0.4, 0.5) is 0 Å². The molecule has 3 aliphatic rings. The largest absolute Gasteiger partial charge is 0.337 e. The Labute approximate surface area is 96.8 Å². The van der Waals surface area contributed by atoms with Gasteiger partial charge < -0.3 is 10.6 Å². The van der Waals surface area contributed by atoms with E-state index in [0.29, 0.717) is 24.0 Å². The molecule has 16 heavy (non-hydrogen) atoms. The van der Waals surface area contributed by atoms with Crippen molar-refractivity contribution in [3.05, 3.63) is 0 Å². The summed E-state index contributed by atoms with van der Waals surface area (Å²) in [6.07, 6.45) is 5.51. The molecule has 3 unspecified atom stereocenters. The molecule has 0 aromatic rings. The third-order valence-electron chi connectivity index (χ3n) is 4.53. The average molecular weight is 223 g/mol. The second-order valence-corrected chi connectivity index (χ2v) is 5.44. The Morgan fingerprint density at radius 2 is 2.06 bits per heavy atom. The maximum absolute atomic E-state index is 11.6. The summed E-state index contributed by atoms with van der Waals surface area (Å²) in [5.41, 5.74) is 6.15. The van der Waals surface area contributed by atoms with Gasteiger partial charge in [-0.05, 0) is 19.3 Å². The molecule has 3 rings (SSSR count). The Morgan fingerprint density at radius 1 is 1.19 bits per heavy atom. The Kier molecular flexibility index (Phi) is 2.64. The molecule has 4 heteroatoms. The van der Waals surface area contributed by atoms with E-state index in [1.54, 1.807) is 0 Å². The minimum atomic E-state index is 0.361. The molecule has 2 N–H and O–H groups in total. The first-order valence-electron chi connectivity index (χ1n) is 6.55. The molecule has 3 atom stereocenters. The first kappa shape index (κ1) is 10.5. The second kappa shape index (κ2) is 4.00. The highest BCUT2D eigenvalue weighted by atomic mass is 16.2. The molecule has 3 fully saturated rings. The SMILES string of the molecule is NC1CCCC1N1CCN2C(=O)CCC2C1. The Bertz CT molecular complexity index is 294. The highest BCUT2D eigenvalue weighted by molar-refractivity contribution is 5.78. The minimum Gasteiger partial charge on any atom is -0.337 e. The number of rotatable bonds is 1. The van der Waals surface area contributed by atoms with Crippen molar-refractivity contribution >= 4 is 5.91 Å². The number of piperazine rings is 1. The molecule has 0 bridgehead atoms. The maximum Gasteiger partial charge on any atom is 0.222 e. The third kappa shape index (κ3) is 1.64. The van der Waals surface area contributed by atoms with E-state index in [1.165, 1.54) is 19.3 Å². The summed E-state index contributed by atoms with van der Waals surface area (Å²) in [7, 11) is 0. The first-order valence-corrected chi connectivity index (χ1v) is 6.55. The Hall–Kier alpha value is -0.610. The van der Waals surface area contributed by atoms with Gasteiger partial charge in [-0.15, -0.1) is 0 Å². The van der Waals surface area contributed by atoms with E-state index in [-0.39, 0.29) is 0 Å². The minimum absolute atomic E-state index is 0.361. The molecule has 4 nitrogen and oxygen atoms in total. The van der Waals surface area contributed by atoms with Gasteiger partial charge in [-0.25, -0.2) is 0 Å². The molecule has 90 valence electrons. The van der Waals surface area contributed by atoms with Crippen LogP contribution >= 0.6 is 0 Å². The quantitative estimate of drug-likeness (QED) is 0.689. The zero-order valence-corrected chi connectivity index (χ0v) is 9.77. The highest BCUT2D eigenvalue weighted by Crippen LogP contribution is 2.28. The van der Waals surface area contributed by atoms with Gasteiger partial charge in [0.05, 0.1) is 0 Å². The number of carbonyl (C=O) groups is 1. The fourth-order valence-electron chi connectivity index (χ4n) is 3.61. The van der Waals surface area contributed by atoms with Gasteiger partial charge in [0.1, 0.15) is 0 Å². The van der Waals surface area contributed by atoms with E-state index in [9.17, 15) is 4.79 Å². The van der Waals surface area contributed by atoms with E-state index < -0.39 is 0 Å². The number of amides is 1. The Balaban J connectivity index is 1.65. The fourth-order valence-corrected chi connectivity index (χ4v) is 3.61. The van der Waals surface area contributed by atoms with Crippen LogP contribution in [0, 0.1) is 0 Å². The summed E-state index contributed by atoms with van der Waals surface area (Å²) < 4.78 is 0. The summed E-state index contributed by atoms with van der Waals surface area (Å²) in [4.78, 5) is 16.2. The summed E-state index contributed by atoms with van der Waals surface area (Å²) >= 11 is 0. The lowest BCUT2D eigenvalue weighted by molar-refractivity contribution is -0.131. The summed E-state index contributed by atoms with van der Waals surface area (Å²) in [6, 6.07) is 1.43. The van der Waals surface area contributed by atoms with Gasteiger partial charge in [0.25, 0.3) is 0 Å². The normalized spacial score (nSPS) is 40.4. The highest BCUT2D eigenvalue weighted by Gasteiger charge is 2.39. The maximum atomic E-state index is 11.6. The number of nitrogens with zero attached hydrogens (tertiary/aromatic N) is 2. The molecule has 0 radical (unpaired) electrons. The van der Waals surface area contributed by atoms with Crippen LogP contribution in [0.2, 0.25) is 0 Å². The number of carbonyl (C=O) groups excluding carboxylic acids is 1. The van der Waals surface area contributed by atoms with E-state index in [4.69, 9.17) is 5.73 Å². The van der Waals surface area contributed by atoms with Crippen molar-refractivity contribution in [1.29, 1.82) is 0 Å². The van der Waals surface area contributed by atoms with Crippen molar-refractivity contribution < 1.29 is 4.79 Å². The van der Waals surface area contributed by atoms with Gasteiger partial charge >= 0.3 is 0 Å². The van der Waals surface area contributed by atoms with Gasteiger partial charge in [0.15, 0.2) is 0 Å². The van der Waals surface area contributed by atoms with Crippen LogP contribution in [0.15, 0.2) is 0 Å². The fraction of sp³-hybridized carbons (Fsp3) is 0.917. The second-order valence-electron chi connectivity index (χ2n) is 5.44.